The highest BCUT2D eigenvalue weighted by Gasteiger charge is 2.00. The zero-order chi connectivity index (χ0) is 15.5. The Hall–Kier alpha value is -1.77. The molecule has 0 saturated carbocycles. The van der Waals surface area contributed by atoms with Crippen molar-refractivity contribution in [2.45, 2.75) is 13.5 Å². The molecule has 0 radical (unpaired) electrons. The highest BCUT2D eigenvalue weighted by atomic mass is 127. The van der Waals surface area contributed by atoms with Gasteiger partial charge in [0.15, 0.2) is 5.96 Å². The van der Waals surface area contributed by atoms with Crippen LogP contribution in [-0.4, -0.2) is 32.3 Å². The number of carbonyl (C=O) groups excluding carboxylic acids is 1. The van der Waals surface area contributed by atoms with Gasteiger partial charge in [0.05, 0.1) is 13.7 Å². The molecule has 1 rings (SSSR count). The number of methoxy groups -OCH3 is 1. The van der Waals surface area contributed by atoms with Gasteiger partial charge >= 0.3 is 6.09 Å². The summed E-state index contributed by atoms with van der Waals surface area (Å²) in [5, 5.41) is 8.88. The summed E-state index contributed by atoms with van der Waals surface area (Å²) in [4.78, 5) is 15.5. The number of nitrogens with zero attached hydrogens (tertiary/aromatic N) is 1. The molecule has 6 nitrogen and oxygen atoms in total. The van der Waals surface area contributed by atoms with E-state index in [1.54, 1.807) is 6.08 Å². The first-order valence-corrected chi connectivity index (χ1v) is 6.76. The molecule has 3 N–H and O–H groups in total. The van der Waals surface area contributed by atoms with E-state index >= 15 is 0 Å². The second kappa shape index (κ2) is 11.8. The van der Waals surface area contributed by atoms with Crippen molar-refractivity contribution in [2.24, 2.45) is 4.99 Å². The van der Waals surface area contributed by atoms with Crippen LogP contribution in [0.25, 0.3) is 0 Å². The number of carbonyl (C=O) groups is 1. The van der Waals surface area contributed by atoms with Crippen LogP contribution < -0.4 is 16.0 Å². The molecule has 7 heteroatoms. The molecule has 0 aliphatic rings. The molecular formula is C15H23IN4O2. The van der Waals surface area contributed by atoms with E-state index in [0.29, 0.717) is 18.8 Å². The van der Waals surface area contributed by atoms with Gasteiger partial charge in [-0.3, -0.25) is 5.32 Å². The van der Waals surface area contributed by atoms with Crippen molar-refractivity contribution in [1.29, 1.82) is 0 Å². The molecule has 0 bridgehead atoms. The fraction of sp³-hybridized carbons (Fsp3) is 0.333. The number of ether oxygens (including phenoxy) is 1. The van der Waals surface area contributed by atoms with Crippen LogP contribution in [0.3, 0.4) is 0 Å². The molecule has 1 aromatic carbocycles. The normalized spacial score (nSPS) is 10.2. The number of benzene rings is 1. The fourth-order valence-corrected chi connectivity index (χ4v) is 1.54. The summed E-state index contributed by atoms with van der Waals surface area (Å²) in [6.07, 6.45) is 1.30. The van der Waals surface area contributed by atoms with Crippen molar-refractivity contribution in [1.82, 2.24) is 10.6 Å². The first-order chi connectivity index (χ1) is 10.2. The molecule has 0 aromatic heterocycles. The van der Waals surface area contributed by atoms with E-state index in [0.717, 1.165) is 18.1 Å². The standard InChI is InChI=1S/C15H22N4O2.HI/c1-4-10-17-14(16-5-2)18-11-12-6-8-13(9-7-12)19-15(20)21-3;/h4,6-9H,1,5,10-11H2,2-3H3,(H,19,20)(H2,16,17,18);1H. The van der Waals surface area contributed by atoms with Gasteiger partial charge in [-0.15, -0.1) is 30.6 Å². The summed E-state index contributed by atoms with van der Waals surface area (Å²) < 4.78 is 4.53. The molecule has 0 aliphatic carbocycles. The molecule has 0 atom stereocenters. The summed E-state index contributed by atoms with van der Waals surface area (Å²) in [5.41, 5.74) is 1.73. The number of hydrogen-bond acceptors (Lipinski definition) is 3. The number of nitrogens with one attached hydrogen (secondary N) is 3. The number of amides is 1. The van der Waals surface area contributed by atoms with Gasteiger partial charge < -0.3 is 15.4 Å². The first-order valence-electron chi connectivity index (χ1n) is 6.76. The van der Waals surface area contributed by atoms with E-state index in [-0.39, 0.29) is 24.0 Å². The van der Waals surface area contributed by atoms with Crippen LogP contribution in [0.4, 0.5) is 10.5 Å². The Kier molecular flexibility index (Phi) is 10.9. The second-order valence-electron chi connectivity index (χ2n) is 4.18. The summed E-state index contributed by atoms with van der Waals surface area (Å²) in [6, 6.07) is 7.44. The fourth-order valence-electron chi connectivity index (χ4n) is 1.54. The smallest absolute Gasteiger partial charge is 0.411 e. The van der Waals surface area contributed by atoms with Crippen LogP contribution in [0, 0.1) is 0 Å². The molecular weight excluding hydrogens is 395 g/mol. The molecule has 0 heterocycles. The summed E-state index contributed by atoms with van der Waals surface area (Å²) in [7, 11) is 1.33. The molecule has 122 valence electrons. The SMILES string of the molecule is C=CCNC(=NCc1ccc(NC(=O)OC)cc1)NCC.I. The molecule has 0 fully saturated rings. The van der Waals surface area contributed by atoms with E-state index in [1.807, 2.05) is 31.2 Å². The van der Waals surface area contributed by atoms with Crippen molar-refractivity contribution in [2.75, 3.05) is 25.5 Å². The Bertz CT molecular complexity index is 489. The van der Waals surface area contributed by atoms with Crippen LogP contribution in [-0.2, 0) is 11.3 Å². The van der Waals surface area contributed by atoms with Crippen LogP contribution in [0.15, 0.2) is 41.9 Å². The van der Waals surface area contributed by atoms with E-state index in [4.69, 9.17) is 0 Å². The Morgan fingerprint density at radius 1 is 1.32 bits per heavy atom. The van der Waals surface area contributed by atoms with Gasteiger partial charge in [-0.1, -0.05) is 18.2 Å². The van der Waals surface area contributed by atoms with E-state index in [9.17, 15) is 4.79 Å². The van der Waals surface area contributed by atoms with Gasteiger partial charge in [-0.05, 0) is 24.6 Å². The van der Waals surface area contributed by atoms with Gasteiger partial charge in [0.1, 0.15) is 0 Å². The van der Waals surface area contributed by atoms with Gasteiger partial charge in [-0.2, -0.15) is 0 Å². The average molecular weight is 418 g/mol. The topological polar surface area (TPSA) is 74.8 Å². The zero-order valence-electron chi connectivity index (χ0n) is 12.9. The highest BCUT2D eigenvalue weighted by molar-refractivity contribution is 14.0. The van der Waals surface area contributed by atoms with Crippen molar-refractivity contribution in [3.05, 3.63) is 42.5 Å². The lowest BCUT2D eigenvalue weighted by Gasteiger charge is -2.09. The lowest BCUT2D eigenvalue weighted by Crippen LogP contribution is -2.37. The lowest BCUT2D eigenvalue weighted by atomic mass is 10.2. The number of hydrogen-bond donors (Lipinski definition) is 3. The maximum atomic E-state index is 11.1. The number of guanidine groups is 1. The highest BCUT2D eigenvalue weighted by Crippen LogP contribution is 2.10. The summed E-state index contributed by atoms with van der Waals surface area (Å²) in [6.45, 7) is 7.68. The third kappa shape index (κ3) is 7.87. The molecule has 0 aliphatic heterocycles. The monoisotopic (exact) mass is 418 g/mol. The van der Waals surface area contributed by atoms with Crippen LogP contribution in [0.1, 0.15) is 12.5 Å². The van der Waals surface area contributed by atoms with Crippen molar-refractivity contribution in [3.63, 3.8) is 0 Å². The van der Waals surface area contributed by atoms with Gasteiger partial charge in [0.25, 0.3) is 0 Å². The molecule has 1 amide bonds. The molecule has 0 saturated heterocycles. The predicted octanol–water partition coefficient (Wildman–Crippen LogP) is 2.72. The quantitative estimate of drug-likeness (QED) is 0.288. The van der Waals surface area contributed by atoms with Crippen LogP contribution in [0.5, 0.6) is 0 Å². The van der Waals surface area contributed by atoms with E-state index < -0.39 is 6.09 Å². The first kappa shape index (κ1) is 20.2. The van der Waals surface area contributed by atoms with Crippen molar-refractivity contribution in [3.8, 4) is 0 Å². The molecule has 22 heavy (non-hydrogen) atoms. The summed E-state index contributed by atoms with van der Waals surface area (Å²) in [5.74, 6) is 0.745. The molecule has 0 spiro atoms. The number of halogens is 1. The van der Waals surface area contributed by atoms with Crippen LogP contribution >= 0.6 is 24.0 Å². The van der Waals surface area contributed by atoms with Crippen molar-refractivity contribution < 1.29 is 9.53 Å². The minimum absolute atomic E-state index is 0. The number of anilines is 1. The number of rotatable bonds is 6. The van der Waals surface area contributed by atoms with Crippen LogP contribution in [0.2, 0.25) is 0 Å². The minimum Gasteiger partial charge on any atom is -0.453 e. The van der Waals surface area contributed by atoms with Gasteiger partial charge in [0, 0.05) is 18.8 Å². The molecule has 1 aromatic rings. The van der Waals surface area contributed by atoms with Crippen molar-refractivity contribution >= 4 is 41.7 Å². The maximum absolute atomic E-state index is 11.1. The van der Waals surface area contributed by atoms with E-state index in [1.165, 1.54) is 7.11 Å². The Labute approximate surface area is 148 Å². The Balaban J connectivity index is 0.00000441. The second-order valence-corrected chi connectivity index (χ2v) is 4.18. The third-order valence-electron chi connectivity index (χ3n) is 2.56. The zero-order valence-corrected chi connectivity index (χ0v) is 15.2. The Morgan fingerprint density at radius 3 is 2.55 bits per heavy atom. The molecule has 0 unspecified atom stereocenters. The van der Waals surface area contributed by atoms with E-state index in [2.05, 4.69) is 32.3 Å². The minimum atomic E-state index is -0.483. The largest absolute Gasteiger partial charge is 0.453 e. The average Bonchev–Trinajstić information content (AvgIpc) is 2.51. The lowest BCUT2D eigenvalue weighted by molar-refractivity contribution is 0.187. The van der Waals surface area contributed by atoms with Gasteiger partial charge in [-0.25, -0.2) is 9.79 Å². The maximum Gasteiger partial charge on any atom is 0.411 e. The predicted molar refractivity (Wildman–Crippen MR) is 101 cm³/mol. The summed E-state index contributed by atoms with van der Waals surface area (Å²) >= 11 is 0. The Morgan fingerprint density at radius 2 is 2.00 bits per heavy atom. The third-order valence-corrected chi connectivity index (χ3v) is 2.56. The number of aliphatic imine (C=N–C) groups is 1. The van der Waals surface area contributed by atoms with Gasteiger partial charge in [0.2, 0.25) is 0 Å².